The summed E-state index contributed by atoms with van der Waals surface area (Å²) in [5.41, 5.74) is 3.56. The third-order valence-electron chi connectivity index (χ3n) is 5.59. The van der Waals surface area contributed by atoms with E-state index in [9.17, 15) is 22.9 Å². The summed E-state index contributed by atoms with van der Waals surface area (Å²) in [7, 11) is -3.87. The van der Waals surface area contributed by atoms with Crippen LogP contribution in [0.3, 0.4) is 0 Å². The Morgan fingerprint density at radius 2 is 1.62 bits per heavy atom. The van der Waals surface area contributed by atoms with Gasteiger partial charge in [-0.15, -0.1) is 10.2 Å². The van der Waals surface area contributed by atoms with E-state index in [4.69, 9.17) is 0 Å². The van der Waals surface area contributed by atoms with Crippen molar-refractivity contribution in [2.45, 2.75) is 43.1 Å². The summed E-state index contributed by atoms with van der Waals surface area (Å²) in [4.78, 5) is 10.8. The average molecular weight is 542 g/mol. The monoisotopic (exact) mass is 541 g/mol. The van der Waals surface area contributed by atoms with Crippen LogP contribution in [0.25, 0.3) is 5.69 Å². The maximum atomic E-state index is 13.3. The Morgan fingerprint density at radius 1 is 1.00 bits per heavy atom. The highest BCUT2D eigenvalue weighted by Gasteiger charge is 2.22. The van der Waals surface area contributed by atoms with Gasteiger partial charge in [0.1, 0.15) is 5.82 Å². The fourth-order valence-corrected chi connectivity index (χ4v) is 6.40. The van der Waals surface area contributed by atoms with Gasteiger partial charge in [0, 0.05) is 23.6 Å². The molecule has 0 spiro atoms. The predicted octanol–water partition coefficient (Wildman–Crippen LogP) is 5.01. The number of thioether (sulfide) groups is 1. The van der Waals surface area contributed by atoms with Gasteiger partial charge in [0.15, 0.2) is 11.0 Å². The SMILES string of the molecule is Cc1cc(C)c(S(=O)(=O)NCc2nnc(SCc3ccc(F)cc3)n2-c2ccc([N+](=O)[O-])cc2)c(C)c1. The van der Waals surface area contributed by atoms with Crippen LogP contribution in [0.5, 0.6) is 0 Å². The number of hydrogen-bond donors (Lipinski definition) is 1. The highest BCUT2D eigenvalue weighted by molar-refractivity contribution is 7.98. The number of nitro groups is 1. The molecule has 0 aliphatic carbocycles. The zero-order chi connectivity index (χ0) is 26.7. The molecule has 0 saturated heterocycles. The first-order valence-electron chi connectivity index (χ1n) is 11.2. The minimum absolute atomic E-state index is 0.0788. The molecule has 0 unspecified atom stereocenters. The van der Waals surface area contributed by atoms with Crippen molar-refractivity contribution in [2.24, 2.45) is 0 Å². The first kappa shape index (κ1) is 26.5. The number of sulfonamides is 1. The van der Waals surface area contributed by atoms with Gasteiger partial charge in [0.25, 0.3) is 5.69 Å². The number of aryl methyl sites for hydroxylation is 3. The number of benzene rings is 3. The van der Waals surface area contributed by atoms with Gasteiger partial charge in [-0.05, 0) is 61.7 Å². The van der Waals surface area contributed by atoms with Gasteiger partial charge < -0.3 is 0 Å². The molecule has 4 rings (SSSR count). The van der Waals surface area contributed by atoms with Crippen LogP contribution in [-0.2, 0) is 22.3 Å². The number of nitrogens with one attached hydrogen (secondary N) is 1. The van der Waals surface area contributed by atoms with Crippen LogP contribution in [0.1, 0.15) is 28.1 Å². The largest absolute Gasteiger partial charge is 0.273 e. The van der Waals surface area contributed by atoms with Crippen LogP contribution in [0, 0.1) is 36.7 Å². The lowest BCUT2D eigenvalue weighted by atomic mass is 10.1. The highest BCUT2D eigenvalue weighted by Crippen LogP contribution is 2.27. The average Bonchev–Trinajstić information content (AvgIpc) is 3.24. The molecule has 0 atom stereocenters. The van der Waals surface area contributed by atoms with Crippen LogP contribution in [0.2, 0.25) is 0 Å². The molecular weight excluding hydrogens is 517 g/mol. The van der Waals surface area contributed by atoms with Crippen molar-refractivity contribution >= 4 is 27.5 Å². The minimum Gasteiger partial charge on any atom is -0.273 e. The molecule has 1 aromatic heterocycles. The standard InChI is InChI=1S/C25H24FN5O4S2/c1-16-12-17(2)24(18(3)13-16)37(34,35)27-14-23-28-29-25(36-15-19-4-6-20(26)7-5-19)30(23)21-8-10-22(11-9-21)31(32)33/h4-13,27H,14-15H2,1-3H3. The molecule has 4 aromatic rings. The molecule has 37 heavy (non-hydrogen) atoms. The maximum Gasteiger partial charge on any atom is 0.269 e. The third-order valence-corrected chi connectivity index (χ3v) is 8.30. The van der Waals surface area contributed by atoms with Crippen molar-refractivity contribution in [3.8, 4) is 5.69 Å². The fraction of sp³-hybridized carbons (Fsp3) is 0.200. The van der Waals surface area contributed by atoms with Crippen LogP contribution >= 0.6 is 11.8 Å². The second-order valence-corrected chi connectivity index (χ2v) is 11.1. The Balaban J connectivity index is 1.65. The molecule has 1 heterocycles. The van der Waals surface area contributed by atoms with E-state index < -0.39 is 14.9 Å². The molecule has 0 fully saturated rings. The number of non-ortho nitro benzene ring substituents is 1. The third kappa shape index (κ3) is 6.04. The molecule has 0 aliphatic rings. The first-order chi connectivity index (χ1) is 17.5. The normalized spacial score (nSPS) is 11.6. The van der Waals surface area contributed by atoms with Gasteiger partial charge in [-0.2, -0.15) is 0 Å². The van der Waals surface area contributed by atoms with Crippen molar-refractivity contribution in [3.05, 3.63) is 105 Å². The Morgan fingerprint density at radius 3 is 2.22 bits per heavy atom. The van der Waals surface area contributed by atoms with Crippen molar-refractivity contribution in [1.82, 2.24) is 19.5 Å². The number of nitro benzene ring substituents is 1. The summed E-state index contributed by atoms with van der Waals surface area (Å²) in [6.45, 7) is 5.24. The maximum absolute atomic E-state index is 13.3. The number of hydrogen-bond acceptors (Lipinski definition) is 7. The summed E-state index contributed by atoms with van der Waals surface area (Å²) in [5.74, 6) is 0.427. The summed E-state index contributed by atoms with van der Waals surface area (Å²) in [6, 6.07) is 15.5. The van der Waals surface area contributed by atoms with E-state index in [1.54, 1.807) is 42.7 Å². The van der Waals surface area contributed by atoms with Gasteiger partial charge in [0.05, 0.1) is 16.4 Å². The van der Waals surface area contributed by atoms with E-state index in [1.807, 2.05) is 19.1 Å². The van der Waals surface area contributed by atoms with Crippen molar-refractivity contribution in [3.63, 3.8) is 0 Å². The lowest BCUT2D eigenvalue weighted by molar-refractivity contribution is -0.384. The van der Waals surface area contributed by atoms with E-state index in [0.717, 1.165) is 11.1 Å². The second kappa shape index (κ2) is 10.8. The summed E-state index contributed by atoms with van der Waals surface area (Å²) < 4.78 is 43.9. The van der Waals surface area contributed by atoms with Crippen LogP contribution in [-0.4, -0.2) is 28.1 Å². The lowest BCUT2D eigenvalue weighted by Crippen LogP contribution is -2.26. The minimum atomic E-state index is -3.87. The Kier molecular flexibility index (Phi) is 7.71. The van der Waals surface area contributed by atoms with Gasteiger partial charge in [-0.3, -0.25) is 14.7 Å². The molecule has 1 N–H and O–H groups in total. The molecule has 192 valence electrons. The number of aromatic nitrogens is 3. The summed E-state index contributed by atoms with van der Waals surface area (Å²) in [6.07, 6.45) is 0. The summed E-state index contributed by atoms with van der Waals surface area (Å²) >= 11 is 1.32. The number of halogens is 1. The van der Waals surface area contributed by atoms with Gasteiger partial charge in [-0.25, -0.2) is 17.5 Å². The molecular formula is C25H24FN5O4S2. The Labute approximate surface area is 218 Å². The molecule has 9 nitrogen and oxygen atoms in total. The van der Waals surface area contributed by atoms with Crippen molar-refractivity contribution < 1.29 is 17.7 Å². The zero-order valence-corrected chi connectivity index (χ0v) is 21.9. The smallest absolute Gasteiger partial charge is 0.269 e. The van der Waals surface area contributed by atoms with Crippen LogP contribution in [0.4, 0.5) is 10.1 Å². The number of nitrogens with zero attached hydrogens (tertiary/aromatic N) is 4. The van der Waals surface area contributed by atoms with Gasteiger partial charge >= 0.3 is 0 Å². The zero-order valence-electron chi connectivity index (χ0n) is 20.3. The molecule has 12 heteroatoms. The van der Waals surface area contributed by atoms with E-state index in [2.05, 4.69) is 14.9 Å². The van der Waals surface area contributed by atoms with Crippen LogP contribution < -0.4 is 4.72 Å². The van der Waals surface area contributed by atoms with E-state index in [0.29, 0.717) is 33.5 Å². The quantitative estimate of drug-likeness (QED) is 0.180. The van der Waals surface area contributed by atoms with Crippen molar-refractivity contribution in [2.75, 3.05) is 0 Å². The first-order valence-corrected chi connectivity index (χ1v) is 13.7. The van der Waals surface area contributed by atoms with E-state index in [-0.39, 0.29) is 22.9 Å². The van der Waals surface area contributed by atoms with E-state index in [1.165, 1.54) is 36.0 Å². The van der Waals surface area contributed by atoms with Crippen molar-refractivity contribution in [1.29, 1.82) is 0 Å². The van der Waals surface area contributed by atoms with E-state index >= 15 is 0 Å². The van der Waals surface area contributed by atoms with Gasteiger partial charge in [0.2, 0.25) is 10.0 Å². The number of rotatable bonds is 9. The Hall–Kier alpha value is -3.61. The fourth-order valence-electron chi connectivity index (χ4n) is 4.04. The lowest BCUT2D eigenvalue weighted by Gasteiger charge is -2.14. The molecule has 0 saturated carbocycles. The topological polar surface area (TPSA) is 120 Å². The summed E-state index contributed by atoms with van der Waals surface area (Å²) in [5, 5.41) is 20.0. The highest BCUT2D eigenvalue weighted by atomic mass is 32.2. The van der Waals surface area contributed by atoms with Crippen LogP contribution in [0.15, 0.2) is 70.7 Å². The molecule has 0 amide bonds. The molecule has 0 bridgehead atoms. The van der Waals surface area contributed by atoms with Gasteiger partial charge in [-0.1, -0.05) is 41.6 Å². The molecule has 0 aliphatic heterocycles. The second-order valence-electron chi connectivity index (χ2n) is 8.48. The molecule has 0 radical (unpaired) electrons. The predicted molar refractivity (Wildman–Crippen MR) is 139 cm³/mol. The molecule has 3 aromatic carbocycles. The Bertz CT molecular complexity index is 1530.